The van der Waals surface area contributed by atoms with E-state index in [1.54, 1.807) is 19.2 Å². The molecule has 1 N–H and O–H groups in total. The summed E-state index contributed by atoms with van der Waals surface area (Å²) in [5.74, 6) is 0.118. The van der Waals surface area contributed by atoms with Crippen molar-refractivity contribution in [3.63, 3.8) is 0 Å². The van der Waals surface area contributed by atoms with Crippen molar-refractivity contribution in [2.24, 2.45) is 5.92 Å². The van der Waals surface area contributed by atoms with Gasteiger partial charge in [-0.25, -0.2) is 4.39 Å². The molecule has 0 aliphatic carbocycles. The average molecular weight is 392 g/mol. The minimum atomic E-state index is -0.145. The van der Waals surface area contributed by atoms with Gasteiger partial charge in [0.15, 0.2) is 0 Å². The number of hydrogen-bond acceptors (Lipinski definition) is 4. The zero-order valence-corrected chi connectivity index (χ0v) is 17.3. The third-order valence-corrected chi connectivity index (χ3v) is 6.01. The predicted molar refractivity (Wildman–Crippen MR) is 109 cm³/mol. The lowest BCUT2D eigenvalue weighted by Gasteiger charge is -2.42. The molecule has 1 atom stereocenters. The third kappa shape index (κ3) is 6.00. The smallest absolute Gasteiger partial charge is 0.224 e. The lowest BCUT2D eigenvalue weighted by molar-refractivity contribution is -0.127. The van der Waals surface area contributed by atoms with Crippen LogP contribution in [0.3, 0.4) is 0 Å². The number of methoxy groups -OCH3 is 1. The van der Waals surface area contributed by atoms with Crippen LogP contribution in [-0.4, -0.2) is 68.2 Å². The molecular formula is C22H34FN3O2. The quantitative estimate of drug-likeness (QED) is 0.726. The summed E-state index contributed by atoms with van der Waals surface area (Å²) in [6.45, 7) is 7.92. The Morgan fingerprint density at radius 2 is 2.00 bits per heavy atom. The molecule has 6 heteroatoms. The van der Waals surface area contributed by atoms with Crippen LogP contribution >= 0.6 is 0 Å². The number of ether oxygens (including phenoxy) is 1. The number of carbonyl (C=O) groups excluding carboxylic acids is 1. The number of amides is 1. The molecule has 1 unspecified atom stereocenters. The van der Waals surface area contributed by atoms with Gasteiger partial charge >= 0.3 is 0 Å². The number of benzene rings is 1. The molecule has 5 nitrogen and oxygen atoms in total. The molecule has 0 bridgehead atoms. The number of nitrogens with zero attached hydrogens (tertiary/aromatic N) is 2. The molecule has 156 valence electrons. The van der Waals surface area contributed by atoms with Crippen molar-refractivity contribution in [2.45, 2.75) is 45.2 Å². The van der Waals surface area contributed by atoms with E-state index in [1.165, 1.54) is 0 Å². The lowest BCUT2D eigenvalue weighted by atomic mass is 9.93. The van der Waals surface area contributed by atoms with Gasteiger partial charge in [-0.1, -0.05) is 6.07 Å². The second-order valence-electron chi connectivity index (χ2n) is 8.26. The van der Waals surface area contributed by atoms with Crippen LogP contribution < -0.4 is 5.32 Å². The van der Waals surface area contributed by atoms with Crippen molar-refractivity contribution in [1.82, 2.24) is 15.1 Å². The van der Waals surface area contributed by atoms with Crippen LogP contribution in [0.2, 0.25) is 0 Å². The monoisotopic (exact) mass is 391 g/mol. The fraction of sp³-hybridized carbons (Fsp3) is 0.682. The summed E-state index contributed by atoms with van der Waals surface area (Å²) in [7, 11) is 1.65. The van der Waals surface area contributed by atoms with E-state index in [9.17, 15) is 9.18 Å². The molecule has 2 fully saturated rings. The van der Waals surface area contributed by atoms with Crippen molar-refractivity contribution >= 4 is 5.91 Å². The number of likely N-dealkylation sites (tertiary alicyclic amines) is 2. The van der Waals surface area contributed by atoms with Crippen LogP contribution in [-0.2, 0) is 16.1 Å². The summed E-state index contributed by atoms with van der Waals surface area (Å²) in [6, 6.07) is 5.86. The van der Waals surface area contributed by atoms with Crippen LogP contribution in [0.5, 0.6) is 0 Å². The summed E-state index contributed by atoms with van der Waals surface area (Å²) in [5, 5.41) is 2.99. The Kier molecular flexibility index (Phi) is 7.82. The fourth-order valence-corrected chi connectivity index (χ4v) is 4.58. The maximum Gasteiger partial charge on any atom is 0.224 e. The Morgan fingerprint density at radius 3 is 2.71 bits per heavy atom. The molecule has 28 heavy (non-hydrogen) atoms. The highest BCUT2D eigenvalue weighted by Gasteiger charge is 2.31. The van der Waals surface area contributed by atoms with Crippen molar-refractivity contribution in [3.8, 4) is 0 Å². The Hall–Kier alpha value is -1.50. The van der Waals surface area contributed by atoms with E-state index in [-0.39, 0.29) is 17.6 Å². The van der Waals surface area contributed by atoms with Crippen LogP contribution in [0.15, 0.2) is 18.2 Å². The van der Waals surface area contributed by atoms with Gasteiger partial charge in [0.1, 0.15) is 5.82 Å². The molecule has 1 aromatic carbocycles. The molecule has 0 spiro atoms. The summed E-state index contributed by atoms with van der Waals surface area (Å²) >= 11 is 0. The minimum Gasteiger partial charge on any atom is -0.383 e. The maximum atomic E-state index is 13.6. The normalized spacial score (nSPS) is 22.3. The van der Waals surface area contributed by atoms with Crippen molar-refractivity contribution < 1.29 is 13.9 Å². The summed E-state index contributed by atoms with van der Waals surface area (Å²) in [4.78, 5) is 17.3. The molecule has 0 aromatic heterocycles. The van der Waals surface area contributed by atoms with E-state index in [1.807, 2.05) is 6.92 Å². The van der Waals surface area contributed by atoms with Crippen LogP contribution in [0, 0.1) is 18.7 Å². The molecule has 3 rings (SSSR count). The van der Waals surface area contributed by atoms with E-state index in [0.29, 0.717) is 19.2 Å². The summed E-state index contributed by atoms with van der Waals surface area (Å²) in [5.41, 5.74) is 2.04. The zero-order chi connectivity index (χ0) is 19.9. The third-order valence-electron chi connectivity index (χ3n) is 6.01. The minimum absolute atomic E-state index is 0.0962. The van der Waals surface area contributed by atoms with Gasteiger partial charge in [-0.2, -0.15) is 0 Å². The Balaban J connectivity index is 1.45. The maximum absolute atomic E-state index is 13.6. The molecule has 2 aliphatic rings. The van der Waals surface area contributed by atoms with Gasteiger partial charge in [-0.3, -0.25) is 14.6 Å². The van der Waals surface area contributed by atoms with E-state index < -0.39 is 0 Å². The molecule has 0 radical (unpaired) electrons. The topological polar surface area (TPSA) is 44.8 Å². The van der Waals surface area contributed by atoms with Crippen LogP contribution in [0.4, 0.5) is 4.39 Å². The van der Waals surface area contributed by atoms with E-state index in [4.69, 9.17) is 4.74 Å². The molecule has 1 aromatic rings. The first kappa shape index (κ1) is 21.2. The number of nitrogens with one attached hydrogen (secondary N) is 1. The zero-order valence-electron chi connectivity index (χ0n) is 17.3. The van der Waals surface area contributed by atoms with Gasteiger partial charge in [0.2, 0.25) is 5.91 Å². The first-order chi connectivity index (χ1) is 13.5. The molecule has 1 amide bonds. The number of carbonyl (C=O) groups is 1. The lowest BCUT2D eigenvalue weighted by Crippen LogP contribution is -2.50. The van der Waals surface area contributed by atoms with Crippen molar-refractivity contribution in [3.05, 3.63) is 35.1 Å². The SMILES string of the molecule is COCCNC(=O)C1CCCN(C2CCN(Cc3cc(C)cc(F)c3)CC2)C1. The molecule has 0 saturated carbocycles. The van der Waals surface area contributed by atoms with E-state index in [2.05, 4.69) is 21.2 Å². The van der Waals surface area contributed by atoms with E-state index >= 15 is 0 Å². The number of rotatable bonds is 7. The highest BCUT2D eigenvalue weighted by atomic mass is 19.1. The van der Waals surface area contributed by atoms with Crippen LogP contribution in [0.1, 0.15) is 36.8 Å². The van der Waals surface area contributed by atoms with Gasteiger partial charge in [-0.15, -0.1) is 0 Å². The van der Waals surface area contributed by atoms with Gasteiger partial charge < -0.3 is 10.1 Å². The number of piperidine rings is 2. The second kappa shape index (κ2) is 10.3. The van der Waals surface area contributed by atoms with Gasteiger partial charge in [0.25, 0.3) is 0 Å². The Labute approximate surface area is 168 Å². The van der Waals surface area contributed by atoms with Crippen molar-refractivity contribution in [1.29, 1.82) is 0 Å². The summed E-state index contributed by atoms with van der Waals surface area (Å²) < 4.78 is 18.6. The Bertz CT molecular complexity index is 626. The van der Waals surface area contributed by atoms with Crippen molar-refractivity contribution in [2.75, 3.05) is 46.4 Å². The largest absolute Gasteiger partial charge is 0.383 e. The first-order valence-electron chi connectivity index (χ1n) is 10.5. The number of hydrogen-bond donors (Lipinski definition) is 1. The van der Waals surface area contributed by atoms with Gasteiger partial charge in [0.05, 0.1) is 12.5 Å². The first-order valence-corrected chi connectivity index (χ1v) is 10.5. The molecular weight excluding hydrogens is 357 g/mol. The number of aryl methyl sites for hydroxylation is 1. The van der Waals surface area contributed by atoms with Crippen LogP contribution in [0.25, 0.3) is 0 Å². The molecule has 2 saturated heterocycles. The number of halogens is 1. The summed E-state index contributed by atoms with van der Waals surface area (Å²) in [6.07, 6.45) is 4.30. The highest BCUT2D eigenvalue weighted by molar-refractivity contribution is 5.78. The fourth-order valence-electron chi connectivity index (χ4n) is 4.58. The standard InChI is InChI=1S/C22H34FN3O2/c1-17-12-18(14-20(23)13-17)15-25-9-5-21(6-10-25)26-8-3-4-19(16-26)22(27)24-7-11-28-2/h12-14,19,21H,3-11,15-16H2,1-2H3,(H,24,27). The second-order valence-corrected chi connectivity index (χ2v) is 8.26. The molecule has 2 aliphatic heterocycles. The highest BCUT2D eigenvalue weighted by Crippen LogP contribution is 2.25. The van der Waals surface area contributed by atoms with E-state index in [0.717, 1.165) is 69.5 Å². The average Bonchev–Trinajstić information content (AvgIpc) is 2.68. The Morgan fingerprint density at radius 1 is 1.21 bits per heavy atom. The van der Waals surface area contributed by atoms with Gasteiger partial charge in [-0.05, 0) is 75.5 Å². The van der Waals surface area contributed by atoms with Gasteiger partial charge in [0, 0.05) is 32.8 Å². The molecule has 2 heterocycles. The predicted octanol–water partition coefficient (Wildman–Crippen LogP) is 2.57.